The number of aryl methyl sites for hydroxylation is 1. The first-order valence-electron chi connectivity index (χ1n) is 4.90. The largest absolute Gasteiger partial charge is 0.300 e. The zero-order valence-corrected chi connectivity index (χ0v) is 8.68. The molecule has 80 valence electrons. The van der Waals surface area contributed by atoms with Crippen LogP contribution in [0, 0.1) is 6.92 Å². The van der Waals surface area contributed by atoms with Gasteiger partial charge in [0.15, 0.2) is 0 Å². The summed E-state index contributed by atoms with van der Waals surface area (Å²) in [6.45, 7) is 1.93. The summed E-state index contributed by atoms with van der Waals surface area (Å²) in [6.07, 6.45) is 5.22. The van der Waals surface area contributed by atoms with Gasteiger partial charge < -0.3 is 0 Å². The van der Waals surface area contributed by atoms with Gasteiger partial charge in [-0.1, -0.05) is 0 Å². The zero-order valence-electron chi connectivity index (χ0n) is 8.68. The van der Waals surface area contributed by atoms with Crippen LogP contribution in [-0.4, -0.2) is 15.0 Å². The lowest BCUT2D eigenvalue weighted by Gasteiger charge is -2.15. The summed E-state index contributed by atoms with van der Waals surface area (Å²) >= 11 is 0. The lowest BCUT2D eigenvalue weighted by Crippen LogP contribution is -2.32. The van der Waals surface area contributed by atoms with Gasteiger partial charge >= 0.3 is 0 Å². The molecule has 3 rings (SSSR count). The van der Waals surface area contributed by atoms with Crippen molar-refractivity contribution in [3.05, 3.63) is 36.4 Å². The molecule has 2 aromatic heterocycles. The van der Waals surface area contributed by atoms with Crippen molar-refractivity contribution in [2.24, 2.45) is 0 Å². The molecule has 6 nitrogen and oxygen atoms in total. The van der Waals surface area contributed by atoms with E-state index < -0.39 is 0 Å². The van der Waals surface area contributed by atoms with Crippen molar-refractivity contribution in [2.75, 3.05) is 10.4 Å². The van der Waals surface area contributed by atoms with Gasteiger partial charge in [0.2, 0.25) is 5.95 Å². The second-order valence-corrected chi connectivity index (χ2v) is 3.46. The standard InChI is InChI=1S/C10H10N6/c1-7-2-5-12-10(13-7)16-9-3-4-11-6-8(9)14-15-16/h2-6,14-15H,1H3. The number of hydrogen-bond acceptors (Lipinski definition) is 6. The third-order valence-corrected chi connectivity index (χ3v) is 2.32. The minimum absolute atomic E-state index is 0.609. The highest BCUT2D eigenvalue weighted by molar-refractivity contribution is 5.76. The second-order valence-electron chi connectivity index (χ2n) is 3.46. The molecule has 1 aliphatic rings. The van der Waals surface area contributed by atoms with Gasteiger partial charge in [-0.25, -0.2) is 15.0 Å². The number of anilines is 3. The van der Waals surface area contributed by atoms with Crippen LogP contribution in [0.15, 0.2) is 30.7 Å². The summed E-state index contributed by atoms with van der Waals surface area (Å²) in [5, 5.41) is 1.78. The van der Waals surface area contributed by atoms with Gasteiger partial charge in [0.05, 0.1) is 17.6 Å². The van der Waals surface area contributed by atoms with Crippen LogP contribution in [0.3, 0.4) is 0 Å². The molecule has 0 aromatic carbocycles. The first-order valence-corrected chi connectivity index (χ1v) is 4.90. The number of nitrogens with one attached hydrogen (secondary N) is 2. The van der Waals surface area contributed by atoms with Crippen LogP contribution >= 0.6 is 0 Å². The zero-order chi connectivity index (χ0) is 11.0. The summed E-state index contributed by atoms with van der Waals surface area (Å²) in [5.74, 6) is 0.609. The highest BCUT2D eigenvalue weighted by Crippen LogP contribution is 2.31. The van der Waals surface area contributed by atoms with Gasteiger partial charge in [0.1, 0.15) is 0 Å². The van der Waals surface area contributed by atoms with Crippen LogP contribution in [0.2, 0.25) is 0 Å². The molecule has 2 aromatic rings. The van der Waals surface area contributed by atoms with E-state index in [2.05, 4.69) is 25.9 Å². The van der Waals surface area contributed by atoms with Gasteiger partial charge in [-0.15, -0.1) is 5.53 Å². The Morgan fingerprint density at radius 3 is 3.06 bits per heavy atom. The van der Waals surface area contributed by atoms with Crippen LogP contribution in [0.25, 0.3) is 0 Å². The molecule has 0 saturated heterocycles. The Balaban J connectivity index is 2.05. The predicted molar refractivity (Wildman–Crippen MR) is 59.9 cm³/mol. The molecule has 0 saturated carbocycles. The normalized spacial score (nSPS) is 13.4. The van der Waals surface area contributed by atoms with Crippen molar-refractivity contribution in [3.8, 4) is 0 Å². The molecule has 2 N–H and O–H groups in total. The van der Waals surface area contributed by atoms with Crippen molar-refractivity contribution < 1.29 is 0 Å². The van der Waals surface area contributed by atoms with Crippen LogP contribution in [0.4, 0.5) is 17.3 Å². The molecule has 0 atom stereocenters. The summed E-state index contributed by atoms with van der Waals surface area (Å²) in [4.78, 5) is 12.6. The quantitative estimate of drug-likeness (QED) is 0.742. The SMILES string of the molecule is Cc1ccnc(N2NNc3cnccc32)n1. The second kappa shape index (κ2) is 3.42. The summed E-state index contributed by atoms with van der Waals surface area (Å²) < 4.78 is 0. The average molecular weight is 214 g/mol. The molecule has 0 aliphatic carbocycles. The van der Waals surface area contributed by atoms with Crippen molar-refractivity contribution in [1.82, 2.24) is 20.5 Å². The van der Waals surface area contributed by atoms with Gasteiger partial charge in [-0.05, 0) is 19.1 Å². The molecule has 1 aliphatic heterocycles. The Bertz CT molecular complexity index is 526. The fourth-order valence-electron chi connectivity index (χ4n) is 1.56. The molecule has 0 amide bonds. The highest BCUT2D eigenvalue weighted by atomic mass is 15.7. The fraction of sp³-hybridized carbons (Fsp3) is 0.100. The minimum Gasteiger partial charge on any atom is -0.300 e. The van der Waals surface area contributed by atoms with Crippen LogP contribution < -0.4 is 16.0 Å². The van der Waals surface area contributed by atoms with E-state index in [1.807, 2.05) is 19.1 Å². The first-order chi connectivity index (χ1) is 7.84. The van der Waals surface area contributed by atoms with Crippen LogP contribution in [-0.2, 0) is 0 Å². The predicted octanol–water partition coefficient (Wildman–Crippen LogP) is 1.16. The smallest absolute Gasteiger partial charge is 0.246 e. The molecule has 16 heavy (non-hydrogen) atoms. The fourth-order valence-corrected chi connectivity index (χ4v) is 1.56. The average Bonchev–Trinajstić information content (AvgIpc) is 2.72. The lowest BCUT2D eigenvalue weighted by atomic mass is 10.3. The maximum Gasteiger partial charge on any atom is 0.246 e. The number of nitrogens with zero attached hydrogens (tertiary/aromatic N) is 4. The van der Waals surface area contributed by atoms with Crippen LogP contribution in [0.5, 0.6) is 0 Å². The molecule has 0 bridgehead atoms. The Hall–Kier alpha value is -2.21. The molecule has 6 heteroatoms. The van der Waals surface area contributed by atoms with Gasteiger partial charge in [-0.2, -0.15) is 0 Å². The molecule has 3 heterocycles. The van der Waals surface area contributed by atoms with Crippen LogP contribution in [0.1, 0.15) is 5.69 Å². The minimum atomic E-state index is 0.609. The summed E-state index contributed by atoms with van der Waals surface area (Å²) in [7, 11) is 0. The summed E-state index contributed by atoms with van der Waals surface area (Å²) in [5.41, 5.74) is 8.78. The third-order valence-electron chi connectivity index (χ3n) is 2.32. The Kier molecular flexibility index (Phi) is 1.94. The van der Waals surface area contributed by atoms with E-state index in [9.17, 15) is 0 Å². The van der Waals surface area contributed by atoms with E-state index in [0.717, 1.165) is 17.1 Å². The number of rotatable bonds is 1. The van der Waals surface area contributed by atoms with Gasteiger partial charge in [-0.3, -0.25) is 10.4 Å². The highest BCUT2D eigenvalue weighted by Gasteiger charge is 2.21. The lowest BCUT2D eigenvalue weighted by molar-refractivity contribution is 0.819. The Morgan fingerprint density at radius 2 is 2.19 bits per heavy atom. The van der Waals surface area contributed by atoms with Gasteiger partial charge in [0, 0.05) is 18.1 Å². The first kappa shape index (κ1) is 9.05. The third kappa shape index (κ3) is 1.36. The van der Waals surface area contributed by atoms with E-state index in [0.29, 0.717) is 5.95 Å². The number of aromatic nitrogens is 3. The topological polar surface area (TPSA) is 66.0 Å². The van der Waals surface area contributed by atoms with Crippen molar-refractivity contribution in [3.63, 3.8) is 0 Å². The van der Waals surface area contributed by atoms with Crippen molar-refractivity contribution in [2.45, 2.75) is 6.92 Å². The molecule has 0 radical (unpaired) electrons. The Labute approximate surface area is 92.3 Å². The number of hydrogen-bond donors (Lipinski definition) is 2. The van der Waals surface area contributed by atoms with Crippen molar-refractivity contribution >= 4 is 17.3 Å². The summed E-state index contributed by atoms with van der Waals surface area (Å²) in [6, 6.07) is 3.76. The number of pyridine rings is 1. The number of fused-ring (bicyclic) bond motifs is 1. The van der Waals surface area contributed by atoms with E-state index >= 15 is 0 Å². The molecular weight excluding hydrogens is 204 g/mol. The maximum atomic E-state index is 4.35. The number of hydrazine groups is 2. The Morgan fingerprint density at radius 1 is 1.25 bits per heavy atom. The van der Waals surface area contributed by atoms with E-state index in [4.69, 9.17) is 0 Å². The molecule has 0 spiro atoms. The molecule has 0 unspecified atom stereocenters. The van der Waals surface area contributed by atoms with E-state index in [1.165, 1.54) is 0 Å². The maximum absolute atomic E-state index is 4.35. The molecule has 0 fully saturated rings. The molecular formula is C10H10N6. The monoisotopic (exact) mass is 214 g/mol. The van der Waals surface area contributed by atoms with E-state index in [1.54, 1.807) is 23.6 Å². The van der Waals surface area contributed by atoms with Crippen molar-refractivity contribution in [1.29, 1.82) is 0 Å². The van der Waals surface area contributed by atoms with Gasteiger partial charge in [0.25, 0.3) is 0 Å². The van der Waals surface area contributed by atoms with E-state index in [-0.39, 0.29) is 0 Å².